The molecular weight excluding hydrogens is 486 g/mol. The Morgan fingerprint density at radius 2 is 1.68 bits per heavy atom. The lowest BCUT2D eigenvalue weighted by Gasteiger charge is -2.10. The van der Waals surface area contributed by atoms with Gasteiger partial charge in [-0.3, -0.25) is 4.79 Å². The van der Waals surface area contributed by atoms with Gasteiger partial charge in [0.25, 0.3) is 11.8 Å². The molecule has 2 heterocycles. The smallest absolute Gasteiger partial charge is 0.278 e. The van der Waals surface area contributed by atoms with Crippen LogP contribution in [0.4, 0.5) is 5.69 Å². The van der Waals surface area contributed by atoms with Crippen LogP contribution in [0.3, 0.4) is 0 Å². The molecule has 5 aromatic rings. The summed E-state index contributed by atoms with van der Waals surface area (Å²) in [5.74, 6) is 2.21. The summed E-state index contributed by atoms with van der Waals surface area (Å²) in [4.78, 5) is 21.5. The fourth-order valence-electron chi connectivity index (χ4n) is 3.91. The van der Waals surface area contributed by atoms with Crippen LogP contribution in [0.25, 0.3) is 23.0 Å². The second-order valence-corrected chi connectivity index (χ2v) is 8.28. The monoisotopic (exact) mass is 511 g/mol. The van der Waals surface area contributed by atoms with Crippen LogP contribution in [0.15, 0.2) is 83.8 Å². The minimum Gasteiger partial charge on any atom is -0.496 e. The summed E-state index contributed by atoms with van der Waals surface area (Å²) in [6.07, 6.45) is 3.54. The molecule has 0 radical (unpaired) electrons. The van der Waals surface area contributed by atoms with Gasteiger partial charge in [-0.15, -0.1) is 0 Å². The number of nitrogens with one attached hydrogen (secondary N) is 1. The second-order valence-electron chi connectivity index (χ2n) is 8.28. The third kappa shape index (κ3) is 5.19. The van der Waals surface area contributed by atoms with Crippen LogP contribution in [-0.4, -0.2) is 46.9 Å². The van der Waals surface area contributed by atoms with Gasteiger partial charge in [0, 0.05) is 24.0 Å². The molecule has 1 amide bonds. The highest BCUT2D eigenvalue weighted by Gasteiger charge is 2.16. The largest absolute Gasteiger partial charge is 0.496 e. The Labute approximate surface area is 218 Å². The van der Waals surface area contributed by atoms with E-state index in [0.29, 0.717) is 52.5 Å². The zero-order valence-corrected chi connectivity index (χ0v) is 21.0. The highest BCUT2D eigenvalue weighted by atomic mass is 16.5. The van der Waals surface area contributed by atoms with Crippen molar-refractivity contribution in [3.63, 3.8) is 0 Å². The molecule has 5 rings (SSSR count). The fraction of sp³-hybridized carbons (Fsp3) is 0.143. The molecule has 10 heteroatoms. The van der Waals surface area contributed by atoms with Gasteiger partial charge in [-0.25, -0.2) is 4.98 Å². The van der Waals surface area contributed by atoms with Crippen molar-refractivity contribution in [2.75, 3.05) is 26.6 Å². The van der Waals surface area contributed by atoms with Gasteiger partial charge < -0.3 is 28.6 Å². The second kappa shape index (κ2) is 10.9. The van der Waals surface area contributed by atoms with Crippen LogP contribution < -0.4 is 19.5 Å². The van der Waals surface area contributed by atoms with Gasteiger partial charge in [-0.1, -0.05) is 29.4 Å². The van der Waals surface area contributed by atoms with Gasteiger partial charge in [-0.2, -0.15) is 4.98 Å². The number of methoxy groups -OCH3 is 3. The summed E-state index contributed by atoms with van der Waals surface area (Å²) in [6, 6.07) is 20.1. The number of aromatic nitrogens is 4. The van der Waals surface area contributed by atoms with Crippen molar-refractivity contribution in [3.05, 3.63) is 90.4 Å². The molecule has 0 atom stereocenters. The zero-order valence-electron chi connectivity index (χ0n) is 21.0. The number of benzene rings is 3. The molecular formula is C28H25N5O5. The van der Waals surface area contributed by atoms with E-state index in [1.165, 1.54) is 7.11 Å². The normalized spacial score (nSPS) is 10.7. The number of imidazole rings is 1. The van der Waals surface area contributed by atoms with E-state index in [9.17, 15) is 4.79 Å². The maximum Gasteiger partial charge on any atom is 0.278 e. The first-order valence-corrected chi connectivity index (χ1v) is 11.7. The molecule has 3 aromatic carbocycles. The number of anilines is 1. The summed E-state index contributed by atoms with van der Waals surface area (Å²) >= 11 is 0. The molecule has 0 unspecified atom stereocenters. The molecule has 0 saturated carbocycles. The first-order chi connectivity index (χ1) is 18.6. The Hall–Kier alpha value is -5.12. The van der Waals surface area contributed by atoms with Gasteiger partial charge >= 0.3 is 0 Å². The Morgan fingerprint density at radius 1 is 0.921 bits per heavy atom. The molecule has 0 bridgehead atoms. The van der Waals surface area contributed by atoms with E-state index in [4.69, 9.17) is 18.7 Å². The Balaban J connectivity index is 1.24. The Bertz CT molecular complexity index is 1560. The lowest BCUT2D eigenvalue weighted by Crippen LogP contribution is -2.13. The van der Waals surface area contributed by atoms with Gasteiger partial charge in [0.2, 0.25) is 5.82 Å². The first-order valence-electron chi connectivity index (χ1n) is 11.7. The highest BCUT2D eigenvalue weighted by molar-refractivity contribution is 6.06. The Kier molecular flexibility index (Phi) is 7.03. The van der Waals surface area contributed by atoms with Crippen LogP contribution in [-0.2, 0) is 6.54 Å². The van der Waals surface area contributed by atoms with Crippen molar-refractivity contribution in [2.24, 2.45) is 0 Å². The molecule has 0 spiro atoms. The first kappa shape index (κ1) is 24.6. The molecule has 0 aliphatic carbocycles. The number of rotatable bonds is 9. The predicted molar refractivity (Wildman–Crippen MR) is 141 cm³/mol. The molecule has 10 nitrogen and oxygen atoms in total. The third-order valence-electron chi connectivity index (χ3n) is 5.85. The maximum atomic E-state index is 12.6. The number of amides is 1. The lowest BCUT2D eigenvalue weighted by atomic mass is 10.1. The van der Waals surface area contributed by atoms with E-state index in [1.54, 1.807) is 50.9 Å². The van der Waals surface area contributed by atoms with Crippen LogP contribution >= 0.6 is 0 Å². The molecule has 0 aliphatic rings. The fourth-order valence-corrected chi connectivity index (χ4v) is 3.91. The van der Waals surface area contributed by atoms with Crippen molar-refractivity contribution >= 4 is 11.6 Å². The summed E-state index contributed by atoms with van der Waals surface area (Å²) < 4.78 is 23.3. The van der Waals surface area contributed by atoms with E-state index >= 15 is 0 Å². The van der Waals surface area contributed by atoms with Gasteiger partial charge in [0.05, 0.1) is 33.2 Å². The van der Waals surface area contributed by atoms with Gasteiger partial charge in [-0.05, 0) is 48.0 Å². The van der Waals surface area contributed by atoms with E-state index in [-0.39, 0.29) is 5.91 Å². The molecule has 2 aromatic heterocycles. The summed E-state index contributed by atoms with van der Waals surface area (Å²) in [7, 11) is 4.69. The average Bonchev–Trinajstić information content (AvgIpc) is 3.64. The zero-order chi connectivity index (χ0) is 26.5. The number of nitrogens with zero attached hydrogens (tertiary/aromatic N) is 4. The topological polar surface area (TPSA) is 114 Å². The average molecular weight is 512 g/mol. The molecule has 0 saturated heterocycles. The van der Waals surface area contributed by atoms with E-state index in [2.05, 4.69) is 20.4 Å². The van der Waals surface area contributed by atoms with E-state index in [0.717, 1.165) is 11.1 Å². The molecule has 0 aliphatic heterocycles. The van der Waals surface area contributed by atoms with Crippen molar-refractivity contribution < 1.29 is 23.5 Å². The van der Waals surface area contributed by atoms with Crippen molar-refractivity contribution in [1.29, 1.82) is 0 Å². The number of carbonyl (C=O) groups excluding carboxylic acids is 1. The molecule has 0 fully saturated rings. The minimum absolute atomic E-state index is 0.235. The maximum absolute atomic E-state index is 12.6. The van der Waals surface area contributed by atoms with Crippen molar-refractivity contribution in [1.82, 2.24) is 19.7 Å². The van der Waals surface area contributed by atoms with Crippen molar-refractivity contribution in [3.8, 4) is 40.2 Å². The predicted octanol–water partition coefficient (Wildman–Crippen LogP) is 4.93. The van der Waals surface area contributed by atoms with Crippen LogP contribution in [0.1, 0.15) is 15.9 Å². The molecule has 192 valence electrons. The number of carbonyl (C=O) groups is 1. The van der Waals surface area contributed by atoms with E-state index in [1.807, 2.05) is 47.2 Å². The highest BCUT2D eigenvalue weighted by Crippen LogP contribution is 2.32. The van der Waals surface area contributed by atoms with Crippen LogP contribution in [0, 0.1) is 0 Å². The number of para-hydroxylation sites is 1. The number of hydrogen-bond donors (Lipinski definition) is 1. The standard InChI is InChI=1S/C28H25N5O5/c1-35-23-7-5-4-6-21(23)27(34)30-20-11-8-18(9-12-20)15-33-16-22(29-17-33)28-31-26(32-38-28)19-10-13-24(36-2)25(14-19)37-3/h4-14,16-17H,15H2,1-3H3,(H,30,34). The molecule has 38 heavy (non-hydrogen) atoms. The number of hydrogen-bond acceptors (Lipinski definition) is 8. The van der Waals surface area contributed by atoms with Crippen LogP contribution in [0.2, 0.25) is 0 Å². The van der Waals surface area contributed by atoms with Crippen LogP contribution in [0.5, 0.6) is 17.2 Å². The third-order valence-corrected chi connectivity index (χ3v) is 5.85. The lowest BCUT2D eigenvalue weighted by molar-refractivity contribution is 0.102. The quantitative estimate of drug-likeness (QED) is 0.296. The van der Waals surface area contributed by atoms with Crippen molar-refractivity contribution in [2.45, 2.75) is 6.54 Å². The number of ether oxygens (including phenoxy) is 3. The van der Waals surface area contributed by atoms with E-state index < -0.39 is 0 Å². The van der Waals surface area contributed by atoms with Gasteiger partial charge in [0.15, 0.2) is 11.5 Å². The summed E-state index contributed by atoms with van der Waals surface area (Å²) in [6.45, 7) is 0.574. The Morgan fingerprint density at radius 3 is 2.45 bits per heavy atom. The minimum atomic E-state index is -0.235. The summed E-state index contributed by atoms with van der Waals surface area (Å²) in [5.41, 5.74) is 3.48. The summed E-state index contributed by atoms with van der Waals surface area (Å²) in [5, 5.41) is 6.98. The van der Waals surface area contributed by atoms with Gasteiger partial charge in [0.1, 0.15) is 11.4 Å². The SMILES string of the molecule is COc1ccc(-c2noc(-c3cn(Cc4ccc(NC(=O)c5ccccc5OC)cc4)cn3)n2)cc1OC. The molecule has 1 N–H and O–H groups in total.